The maximum Gasteiger partial charge on any atom is 0.377 e. The van der Waals surface area contributed by atoms with Gasteiger partial charge in [0, 0.05) is 5.56 Å². The molecule has 0 saturated heterocycles. The number of oxime groups is 1. The number of carboxylic acid groups (broad SMARTS) is 1. The summed E-state index contributed by atoms with van der Waals surface area (Å²) in [6, 6.07) is 17.7. The molecule has 0 unspecified atom stereocenters. The Morgan fingerprint density at radius 2 is 1.45 bits per heavy atom. The second-order valence-electron chi connectivity index (χ2n) is 4.03. The maximum absolute atomic E-state index is 10.7. The summed E-state index contributed by atoms with van der Waals surface area (Å²) in [5, 5.41) is 19.2. The van der Waals surface area contributed by atoms with Crippen molar-refractivity contribution < 1.29 is 19.9 Å². The Labute approximate surface area is 127 Å². The van der Waals surface area contributed by atoms with E-state index in [0.29, 0.717) is 0 Å². The van der Waals surface area contributed by atoms with Crippen LogP contribution in [0.3, 0.4) is 0 Å². The monoisotopic (exact) mass is 297 g/mol. The van der Waals surface area contributed by atoms with Crippen LogP contribution in [0.2, 0.25) is 0 Å². The molecule has 22 heavy (non-hydrogen) atoms. The Morgan fingerprint density at radius 3 is 1.95 bits per heavy atom. The molecule has 112 valence electrons. The average molecular weight is 297 g/mol. The highest BCUT2D eigenvalue weighted by Crippen LogP contribution is 2.00. The number of benzene rings is 2. The van der Waals surface area contributed by atoms with E-state index in [4.69, 9.17) is 10.3 Å². The van der Waals surface area contributed by atoms with Gasteiger partial charge in [0.05, 0.1) is 6.21 Å². The third kappa shape index (κ3) is 6.29. The first-order valence-corrected chi connectivity index (χ1v) is 6.37. The van der Waals surface area contributed by atoms with E-state index in [-0.39, 0.29) is 5.56 Å². The van der Waals surface area contributed by atoms with Gasteiger partial charge in [-0.2, -0.15) is 0 Å². The van der Waals surface area contributed by atoms with E-state index in [1.54, 1.807) is 24.3 Å². The molecule has 0 aliphatic rings. The lowest BCUT2D eigenvalue weighted by molar-refractivity contribution is -0.131. The number of carbonyl (C=O) groups excluding carboxylic acids is 1. The number of allylic oxidation sites excluding steroid dienone is 1. The van der Waals surface area contributed by atoms with Crippen LogP contribution in [0, 0.1) is 0 Å². The molecule has 2 rings (SSSR count). The van der Waals surface area contributed by atoms with Crippen LogP contribution < -0.4 is 0 Å². The standard InChI is InChI=1S/C9H9NO.C8H6O3/c11-10-8-4-7-9-5-2-1-3-6-9;9-7(8(10)11)6-4-2-1-3-5-6/h1-8,11H;1-5H,(H,10,11). The minimum Gasteiger partial charge on any atom is -0.475 e. The molecule has 0 heterocycles. The lowest BCUT2D eigenvalue weighted by atomic mass is 10.1. The van der Waals surface area contributed by atoms with E-state index in [0.717, 1.165) is 5.56 Å². The lowest BCUT2D eigenvalue weighted by Gasteiger charge is -1.91. The summed E-state index contributed by atoms with van der Waals surface area (Å²) < 4.78 is 0. The number of nitrogens with zero attached hydrogens (tertiary/aromatic N) is 1. The molecule has 2 aromatic carbocycles. The molecule has 0 saturated carbocycles. The summed E-state index contributed by atoms with van der Waals surface area (Å²) in [5.41, 5.74) is 1.30. The van der Waals surface area contributed by atoms with Crippen molar-refractivity contribution in [3.05, 3.63) is 77.9 Å². The molecule has 0 amide bonds. The Hall–Kier alpha value is -3.21. The van der Waals surface area contributed by atoms with Crippen molar-refractivity contribution >= 4 is 24.0 Å². The number of hydrogen-bond acceptors (Lipinski definition) is 4. The van der Waals surface area contributed by atoms with Gasteiger partial charge < -0.3 is 10.3 Å². The number of ketones is 1. The van der Waals surface area contributed by atoms with Gasteiger partial charge in [-0.3, -0.25) is 4.79 Å². The SMILES string of the molecule is O=C(O)C(=O)c1ccccc1.ON=CC=Cc1ccccc1. The van der Waals surface area contributed by atoms with Crippen LogP contribution in [0.5, 0.6) is 0 Å². The van der Waals surface area contributed by atoms with Crippen molar-refractivity contribution in [2.75, 3.05) is 0 Å². The number of aliphatic carboxylic acids is 1. The van der Waals surface area contributed by atoms with E-state index in [1.165, 1.54) is 18.3 Å². The molecule has 0 atom stereocenters. The summed E-state index contributed by atoms with van der Waals surface area (Å²) >= 11 is 0. The Balaban J connectivity index is 0.000000220. The topological polar surface area (TPSA) is 87.0 Å². The van der Waals surface area contributed by atoms with Gasteiger partial charge >= 0.3 is 5.97 Å². The van der Waals surface area contributed by atoms with Crippen molar-refractivity contribution in [3.63, 3.8) is 0 Å². The fourth-order valence-corrected chi connectivity index (χ4v) is 1.47. The van der Waals surface area contributed by atoms with Gasteiger partial charge in [-0.25, -0.2) is 4.79 Å². The number of rotatable bonds is 4. The predicted octanol–water partition coefficient (Wildman–Crippen LogP) is 3.11. The van der Waals surface area contributed by atoms with E-state index in [9.17, 15) is 9.59 Å². The normalized spacial score (nSPS) is 10.2. The third-order valence-electron chi connectivity index (χ3n) is 2.47. The number of carbonyl (C=O) groups is 2. The Morgan fingerprint density at radius 1 is 0.909 bits per heavy atom. The molecule has 0 aliphatic heterocycles. The minimum absolute atomic E-state index is 0.208. The van der Waals surface area contributed by atoms with E-state index in [1.807, 2.05) is 36.4 Å². The largest absolute Gasteiger partial charge is 0.475 e. The van der Waals surface area contributed by atoms with Gasteiger partial charge in [0.2, 0.25) is 0 Å². The van der Waals surface area contributed by atoms with Crippen molar-refractivity contribution in [3.8, 4) is 0 Å². The summed E-state index contributed by atoms with van der Waals surface area (Å²) in [5.74, 6) is -2.29. The van der Waals surface area contributed by atoms with Crippen LogP contribution in [-0.2, 0) is 4.79 Å². The molecule has 5 heteroatoms. The molecular formula is C17H15NO4. The summed E-state index contributed by atoms with van der Waals surface area (Å²) in [6.07, 6.45) is 4.86. The highest BCUT2D eigenvalue weighted by Gasteiger charge is 2.12. The quantitative estimate of drug-likeness (QED) is 0.298. The van der Waals surface area contributed by atoms with Crippen LogP contribution >= 0.6 is 0 Å². The zero-order valence-electron chi connectivity index (χ0n) is 11.7. The molecule has 0 fully saturated rings. The molecule has 0 spiro atoms. The lowest BCUT2D eigenvalue weighted by Crippen LogP contribution is -2.12. The summed E-state index contributed by atoms with van der Waals surface area (Å²) in [4.78, 5) is 20.9. The fraction of sp³-hybridized carbons (Fsp3) is 0. The predicted molar refractivity (Wildman–Crippen MR) is 84.2 cm³/mol. The molecule has 2 aromatic rings. The smallest absolute Gasteiger partial charge is 0.377 e. The first kappa shape index (κ1) is 16.8. The van der Waals surface area contributed by atoms with Crippen molar-refractivity contribution in [1.82, 2.24) is 0 Å². The Bertz CT molecular complexity index is 649. The summed E-state index contributed by atoms with van der Waals surface area (Å²) in [6.45, 7) is 0. The second-order valence-corrected chi connectivity index (χ2v) is 4.03. The molecule has 0 bridgehead atoms. The van der Waals surface area contributed by atoms with Crippen molar-refractivity contribution in [2.45, 2.75) is 0 Å². The van der Waals surface area contributed by atoms with Gasteiger partial charge in [0.15, 0.2) is 0 Å². The average Bonchev–Trinajstić information content (AvgIpc) is 2.57. The highest BCUT2D eigenvalue weighted by atomic mass is 16.4. The van der Waals surface area contributed by atoms with Gasteiger partial charge in [-0.05, 0) is 11.6 Å². The molecule has 0 radical (unpaired) electrons. The second kappa shape index (κ2) is 9.66. The van der Waals surface area contributed by atoms with Crippen LogP contribution in [0.4, 0.5) is 0 Å². The Kier molecular flexibility index (Phi) is 7.39. The van der Waals surface area contributed by atoms with Crippen LogP contribution in [0.25, 0.3) is 6.08 Å². The molecule has 0 aromatic heterocycles. The van der Waals surface area contributed by atoms with Crippen molar-refractivity contribution in [1.29, 1.82) is 0 Å². The number of Topliss-reactive ketones (excluding diaryl/α,β-unsaturated/α-hetero) is 1. The van der Waals surface area contributed by atoms with Crippen molar-refractivity contribution in [2.24, 2.45) is 5.16 Å². The number of carboxylic acids is 1. The minimum atomic E-state index is -1.42. The fourth-order valence-electron chi connectivity index (χ4n) is 1.47. The van der Waals surface area contributed by atoms with E-state index < -0.39 is 11.8 Å². The number of hydrogen-bond donors (Lipinski definition) is 2. The molecule has 0 aliphatic carbocycles. The zero-order chi connectivity index (χ0) is 16.2. The van der Waals surface area contributed by atoms with E-state index >= 15 is 0 Å². The molecular weight excluding hydrogens is 282 g/mol. The molecule has 5 nitrogen and oxygen atoms in total. The summed E-state index contributed by atoms with van der Waals surface area (Å²) in [7, 11) is 0. The maximum atomic E-state index is 10.7. The third-order valence-corrected chi connectivity index (χ3v) is 2.47. The van der Waals surface area contributed by atoms with E-state index in [2.05, 4.69) is 5.16 Å². The van der Waals surface area contributed by atoms with Gasteiger partial charge in [0.1, 0.15) is 0 Å². The first-order valence-electron chi connectivity index (χ1n) is 6.37. The first-order chi connectivity index (χ1) is 10.6. The zero-order valence-corrected chi connectivity index (χ0v) is 11.7. The van der Waals surface area contributed by atoms with Crippen LogP contribution in [-0.4, -0.2) is 28.3 Å². The molecule has 2 N–H and O–H groups in total. The highest BCUT2D eigenvalue weighted by molar-refractivity contribution is 6.39. The van der Waals surface area contributed by atoms with Crippen LogP contribution in [0.1, 0.15) is 15.9 Å². The van der Waals surface area contributed by atoms with Gasteiger partial charge in [-0.15, -0.1) is 0 Å². The van der Waals surface area contributed by atoms with Gasteiger partial charge in [0.25, 0.3) is 5.78 Å². The van der Waals surface area contributed by atoms with Crippen LogP contribution in [0.15, 0.2) is 71.9 Å². The van der Waals surface area contributed by atoms with Gasteiger partial charge in [-0.1, -0.05) is 71.9 Å².